The first-order valence-electron chi connectivity index (χ1n) is 6.28. The fourth-order valence-electron chi connectivity index (χ4n) is 1.92. The van der Waals surface area contributed by atoms with Crippen LogP contribution in [0, 0.1) is 6.92 Å². The lowest BCUT2D eigenvalue weighted by Crippen LogP contribution is -2.00. The molecule has 0 bridgehead atoms. The molecule has 0 atom stereocenters. The molecule has 2 rings (SSSR count). The molecule has 2 aromatic carbocycles. The van der Waals surface area contributed by atoms with Crippen LogP contribution in [0.4, 0.5) is 0 Å². The van der Waals surface area contributed by atoms with Crippen molar-refractivity contribution < 1.29 is 4.74 Å². The SMILES string of the molecule is COc1cc(CSc2cccc(C)c2)ccc1CN. The predicted octanol–water partition coefficient (Wildman–Crippen LogP) is 3.75. The van der Waals surface area contributed by atoms with Gasteiger partial charge in [0, 0.05) is 22.8 Å². The molecule has 0 unspecified atom stereocenters. The summed E-state index contributed by atoms with van der Waals surface area (Å²) in [7, 11) is 1.69. The number of nitrogens with two attached hydrogens (primary N) is 1. The average molecular weight is 273 g/mol. The molecular weight excluding hydrogens is 254 g/mol. The number of methoxy groups -OCH3 is 1. The normalized spacial score (nSPS) is 10.5. The summed E-state index contributed by atoms with van der Waals surface area (Å²) in [6.45, 7) is 2.62. The van der Waals surface area contributed by atoms with Crippen molar-refractivity contribution in [2.75, 3.05) is 7.11 Å². The van der Waals surface area contributed by atoms with E-state index in [0.29, 0.717) is 6.54 Å². The summed E-state index contributed by atoms with van der Waals surface area (Å²) in [6.07, 6.45) is 0. The molecule has 2 nitrogen and oxygen atoms in total. The Bertz CT molecular complexity index is 554. The summed E-state index contributed by atoms with van der Waals surface area (Å²) in [5.74, 6) is 1.81. The number of aryl methyl sites for hydroxylation is 1. The second-order valence-electron chi connectivity index (χ2n) is 4.46. The Morgan fingerprint density at radius 1 is 1.16 bits per heavy atom. The van der Waals surface area contributed by atoms with Crippen molar-refractivity contribution in [1.82, 2.24) is 0 Å². The number of thioether (sulfide) groups is 1. The first kappa shape index (κ1) is 14.0. The van der Waals surface area contributed by atoms with Crippen LogP contribution in [0.5, 0.6) is 5.75 Å². The Kier molecular flexibility index (Phi) is 4.88. The van der Waals surface area contributed by atoms with E-state index in [9.17, 15) is 0 Å². The third kappa shape index (κ3) is 3.75. The average Bonchev–Trinajstić information content (AvgIpc) is 2.45. The largest absolute Gasteiger partial charge is 0.496 e. The van der Waals surface area contributed by atoms with E-state index in [4.69, 9.17) is 10.5 Å². The monoisotopic (exact) mass is 273 g/mol. The summed E-state index contributed by atoms with van der Waals surface area (Å²) in [6, 6.07) is 14.8. The maximum absolute atomic E-state index is 5.67. The Hall–Kier alpha value is -1.45. The molecule has 0 saturated heterocycles. The van der Waals surface area contributed by atoms with Gasteiger partial charge in [-0.15, -0.1) is 11.8 Å². The highest BCUT2D eigenvalue weighted by atomic mass is 32.2. The van der Waals surface area contributed by atoms with E-state index >= 15 is 0 Å². The Balaban J connectivity index is 2.07. The minimum atomic E-state index is 0.508. The molecule has 0 radical (unpaired) electrons. The van der Waals surface area contributed by atoms with Crippen molar-refractivity contribution in [3.05, 3.63) is 59.2 Å². The highest BCUT2D eigenvalue weighted by Crippen LogP contribution is 2.26. The smallest absolute Gasteiger partial charge is 0.123 e. The first-order valence-corrected chi connectivity index (χ1v) is 7.27. The number of hydrogen-bond donors (Lipinski definition) is 1. The molecule has 0 heterocycles. The summed E-state index contributed by atoms with van der Waals surface area (Å²) in [5, 5.41) is 0. The lowest BCUT2D eigenvalue weighted by molar-refractivity contribution is 0.409. The van der Waals surface area contributed by atoms with E-state index in [0.717, 1.165) is 17.1 Å². The Morgan fingerprint density at radius 2 is 2.00 bits per heavy atom. The highest BCUT2D eigenvalue weighted by molar-refractivity contribution is 7.98. The second kappa shape index (κ2) is 6.64. The lowest BCUT2D eigenvalue weighted by atomic mass is 10.1. The predicted molar refractivity (Wildman–Crippen MR) is 81.6 cm³/mol. The minimum absolute atomic E-state index is 0.508. The molecule has 0 saturated carbocycles. The number of benzene rings is 2. The molecule has 0 spiro atoms. The second-order valence-corrected chi connectivity index (χ2v) is 5.50. The molecular formula is C16H19NOS. The van der Waals surface area contributed by atoms with Crippen molar-refractivity contribution in [3.63, 3.8) is 0 Å². The highest BCUT2D eigenvalue weighted by Gasteiger charge is 2.03. The number of rotatable bonds is 5. The van der Waals surface area contributed by atoms with Gasteiger partial charge in [0.2, 0.25) is 0 Å². The van der Waals surface area contributed by atoms with Crippen molar-refractivity contribution in [2.45, 2.75) is 24.1 Å². The van der Waals surface area contributed by atoms with Crippen LogP contribution in [0.25, 0.3) is 0 Å². The summed E-state index contributed by atoms with van der Waals surface area (Å²) < 4.78 is 5.36. The zero-order valence-electron chi connectivity index (χ0n) is 11.3. The molecule has 0 aliphatic carbocycles. The van der Waals surface area contributed by atoms with Crippen LogP contribution in [-0.2, 0) is 12.3 Å². The van der Waals surface area contributed by atoms with E-state index in [1.165, 1.54) is 16.0 Å². The van der Waals surface area contributed by atoms with Crippen LogP contribution >= 0.6 is 11.8 Å². The van der Waals surface area contributed by atoms with Crippen LogP contribution in [0.2, 0.25) is 0 Å². The van der Waals surface area contributed by atoms with Gasteiger partial charge in [-0.05, 0) is 30.7 Å². The van der Waals surface area contributed by atoms with Gasteiger partial charge in [-0.2, -0.15) is 0 Å². The number of ether oxygens (including phenoxy) is 1. The van der Waals surface area contributed by atoms with Crippen LogP contribution in [0.15, 0.2) is 47.4 Å². The van der Waals surface area contributed by atoms with Gasteiger partial charge in [-0.1, -0.05) is 29.8 Å². The molecule has 19 heavy (non-hydrogen) atoms. The first-order chi connectivity index (χ1) is 9.22. The van der Waals surface area contributed by atoms with Gasteiger partial charge in [-0.25, -0.2) is 0 Å². The topological polar surface area (TPSA) is 35.2 Å². The molecule has 3 heteroatoms. The van der Waals surface area contributed by atoms with Crippen LogP contribution in [0.1, 0.15) is 16.7 Å². The van der Waals surface area contributed by atoms with Crippen molar-refractivity contribution in [2.24, 2.45) is 5.73 Å². The number of hydrogen-bond acceptors (Lipinski definition) is 3. The molecule has 2 aromatic rings. The Morgan fingerprint density at radius 3 is 2.68 bits per heavy atom. The molecule has 0 fully saturated rings. The van der Waals surface area contributed by atoms with Crippen LogP contribution in [-0.4, -0.2) is 7.11 Å². The van der Waals surface area contributed by atoms with Gasteiger partial charge in [0.1, 0.15) is 5.75 Å². The Labute approximate surface area is 119 Å². The standard InChI is InChI=1S/C16H19NOS/c1-12-4-3-5-15(8-12)19-11-13-6-7-14(10-17)16(9-13)18-2/h3-9H,10-11,17H2,1-2H3. The minimum Gasteiger partial charge on any atom is -0.496 e. The fraction of sp³-hybridized carbons (Fsp3) is 0.250. The maximum Gasteiger partial charge on any atom is 0.123 e. The van der Waals surface area contributed by atoms with Gasteiger partial charge < -0.3 is 10.5 Å². The zero-order chi connectivity index (χ0) is 13.7. The molecule has 2 N–H and O–H groups in total. The lowest BCUT2D eigenvalue weighted by Gasteiger charge is -2.09. The van der Waals surface area contributed by atoms with Crippen molar-refractivity contribution in [1.29, 1.82) is 0 Å². The van der Waals surface area contributed by atoms with Crippen molar-refractivity contribution >= 4 is 11.8 Å². The van der Waals surface area contributed by atoms with E-state index < -0.39 is 0 Å². The van der Waals surface area contributed by atoms with E-state index in [1.807, 2.05) is 17.8 Å². The summed E-state index contributed by atoms with van der Waals surface area (Å²) >= 11 is 1.83. The molecule has 100 valence electrons. The van der Waals surface area contributed by atoms with Crippen molar-refractivity contribution in [3.8, 4) is 5.75 Å². The van der Waals surface area contributed by atoms with Gasteiger partial charge in [0.15, 0.2) is 0 Å². The van der Waals surface area contributed by atoms with Gasteiger partial charge >= 0.3 is 0 Å². The quantitative estimate of drug-likeness (QED) is 0.843. The third-order valence-corrected chi connectivity index (χ3v) is 4.03. The third-order valence-electron chi connectivity index (χ3n) is 2.97. The van der Waals surface area contributed by atoms with Gasteiger partial charge in [0.05, 0.1) is 7.11 Å². The van der Waals surface area contributed by atoms with Gasteiger partial charge in [-0.3, -0.25) is 0 Å². The summed E-state index contributed by atoms with van der Waals surface area (Å²) in [4.78, 5) is 1.29. The zero-order valence-corrected chi connectivity index (χ0v) is 12.2. The summed E-state index contributed by atoms with van der Waals surface area (Å²) in [5.41, 5.74) is 9.26. The van der Waals surface area contributed by atoms with Gasteiger partial charge in [0.25, 0.3) is 0 Å². The maximum atomic E-state index is 5.67. The van der Waals surface area contributed by atoms with E-state index in [1.54, 1.807) is 7.11 Å². The van der Waals surface area contributed by atoms with E-state index in [-0.39, 0.29) is 0 Å². The molecule has 0 aliphatic rings. The van der Waals surface area contributed by atoms with E-state index in [2.05, 4.69) is 43.3 Å². The molecule has 0 aromatic heterocycles. The molecule has 0 aliphatic heterocycles. The fourth-order valence-corrected chi connectivity index (χ4v) is 2.88. The van der Waals surface area contributed by atoms with Crippen LogP contribution in [0.3, 0.4) is 0 Å². The molecule has 0 amide bonds. The van der Waals surface area contributed by atoms with Crippen LogP contribution < -0.4 is 10.5 Å².